The van der Waals surface area contributed by atoms with Crippen LogP contribution in [0.15, 0.2) is 0 Å². The summed E-state index contributed by atoms with van der Waals surface area (Å²) in [5, 5.41) is 3.29. The Kier molecular flexibility index (Phi) is 7.07. The van der Waals surface area contributed by atoms with Crippen molar-refractivity contribution in [3.8, 4) is 0 Å². The zero-order valence-corrected chi connectivity index (χ0v) is 12.1. The van der Waals surface area contributed by atoms with Crippen LogP contribution in [0.25, 0.3) is 0 Å². The summed E-state index contributed by atoms with van der Waals surface area (Å²) >= 11 is 1.79. The van der Waals surface area contributed by atoms with E-state index in [4.69, 9.17) is 4.74 Å². The minimum Gasteiger partial charge on any atom is -0.459 e. The molecule has 2 atom stereocenters. The van der Waals surface area contributed by atoms with E-state index in [0.29, 0.717) is 6.04 Å². The average molecular weight is 247 g/mol. The highest BCUT2D eigenvalue weighted by atomic mass is 32.2. The molecule has 0 amide bonds. The molecule has 3 nitrogen and oxygen atoms in total. The van der Waals surface area contributed by atoms with Crippen molar-refractivity contribution in [3.63, 3.8) is 0 Å². The molecule has 0 aliphatic rings. The molecule has 0 rings (SSSR count). The number of nitrogens with one attached hydrogen (secondary N) is 1. The van der Waals surface area contributed by atoms with Gasteiger partial charge in [0.1, 0.15) is 11.6 Å². The third-order valence-corrected chi connectivity index (χ3v) is 2.84. The third kappa shape index (κ3) is 7.12. The van der Waals surface area contributed by atoms with E-state index in [0.717, 1.165) is 12.2 Å². The van der Waals surface area contributed by atoms with E-state index in [1.807, 2.05) is 27.7 Å². The molecule has 0 aliphatic heterocycles. The molecule has 0 aromatic heterocycles. The molecule has 0 aromatic carbocycles. The summed E-state index contributed by atoms with van der Waals surface area (Å²) in [6.45, 7) is 9.64. The van der Waals surface area contributed by atoms with Gasteiger partial charge in [-0.05, 0) is 40.4 Å². The van der Waals surface area contributed by atoms with Crippen molar-refractivity contribution < 1.29 is 9.53 Å². The predicted octanol–water partition coefficient (Wildman–Crippen LogP) is 2.45. The molecule has 1 N–H and O–H groups in total. The van der Waals surface area contributed by atoms with Crippen molar-refractivity contribution in [3.05, 3.63) is 0 Å². The Labute approximate surface area is 104 Å². The van der Waals surface area contributed by atoms with E-state index in [2.05, 4.69) is 18.5 Å². The lowest BCUT2D eigenvalue weighted by Gasteiger charge is -2.25. The van der Waals surface area contributed by atoms with Crippen LogP contribution in [-0.4, -0.2) is 35.7 Å². The summed E-state index contributed by atoms with van der Waals surface area (Å²) in [6, 6.07) is 0.133. The van der Waals surface area contributed by atoms with Gasteiger partial charge in [0.15, 0.2) is 0 Å². The fourth-order valence-corrected chi connectivity index (χ4v) is 2.03. The minimum absolute atomic E-state index is 0.174. The van der Waals surface area contributed by atoms with E-state index in [1.54, 1.807) is 11.8 Å². The van der Waals surface area contributed by atoms with Crippen molar-refractivity contribution in [2.75, 3.05) is 12.0 Å². The Morgan fingerprint density at radius 3 is 2.38 bits per heavy atom. The molecule has 0 saturated carbocycles. The lowest BCUT2D eigenvalue weighted by atomic mass is 10.2. The van der Waals surface area contributed by atoms with Gasteiger partial charge in [0.2, 0.25) is 0 Å². The van der Waals surface area contributed by atoms with Gasteiger partial charge < -0.3 is 10.1 Å². The van der Waals surface area contributed by atoms with Gasteiger partial charge in [0.05, 0.1) is 0 Å². The molecule has 0 aliphatic carbocycles. The fraction of sp³-hybridized carbons (Fsp3) is 0.917. The second-order valence-electron chi connectivity index (χ2n) is 4.98. The molecule has 0 heterocycles. The van der Waals surface area contributed by atoms with Gasteiger partial charge in [0, 0.05) is 11.8 Å². The Morgan fingerprint density at radius 1 is 1.44 bits per heavy atom. The Balaban J connectivity index is 4.13. The Morgan fingerprint density at radius 2 is 2.00 bits per heavy atom. The van der Waals surface area contributed by atoms with Gasteiger partial charge in [-0.3, -0.25) is 4.79 Å². The van der Waals surface area contributed by atoms with E-state index in [9.17, 15) is 4.79 Å². The largest absolute Gasteiger partial charge is 0.459 e. The van der Waals surface area contributed by atoms with Crippen LogP contribution in [-0.2, 0) is 9.53 Å². The van der Waals surface area contributed by atoms with Crippen LogP contribution in [0.1, 0.15) is 41.0 Å². The minimum atomic E-state index is -0.408. The highest BCUT2D eigenvalue weighted by molar-refractivity contribution is 7.98. The first-order valence-corrected chi connectivity index (χ1v) is 7.17. The maximum Gasteiger partial charge on any atom is 0.323 e. The normalized spacial score (nSPS) is 15.6. The third-order valence-electron chi connectivity index (χ3n) is 2.11. The van der Waals surface area contributed by atoms with Gasteiger partial charge >= 0.3 is 5.97 Å². The molecule has 0 fully saturated rings. The zero-order chi connectivity index (χ0) is 12.8. The van der Waals surface area contributed by atoms with Gasteiger partial charge in [-0.15, -0.1) is 0 Å². The van der Waals surface area contributed by atoms with Crippen LogP contribution in [0.3, 0.4) is 0 Å². The molecule has 0 spiro atoms. The van der Waals surface area contributed by atoms with Crippen molar-refractivity contribution in [2.45, 2.75) is 58.7 Å². The van der Waals surface area contributed by atoms with Crippen molar-refractivity contribution in [2.24, 2.45) is 0 Å². The number of carbonyl (C=O) groups is 1. The van der Waals surface area contributed by atoms with Crippen LogP contribution < -0.4 is 5.32 Å². The Bertz CT molecular complexity index is 214. The van der Waals surface area contributed by atoms with Gasteiger partial charge in [0.25, 0.3) is 0 Å². The molecule has 2 unspecified atom stereocenters. The second-order valence-corrected chi connectivity index (χ2v) is 5.89. The molecule has 4 heteroatoms. The summed E-state index contributed by atoms with van der Waals surface area (Å²) in [6.07, 6.45) is 3.09. The number of hydrogen-bond donors (Lipinski definition) is 1. The van der Waals surface area contributed by atoms with Gasteiger partial charge in [-0.25, -0.2) is 0 Å². The monoisotopic (exact) mass is 247 g/mol. The molecule has 96 valence electrons. The van der Waals surface area contributed by atoms with E-state index in [-0.39, 0.29) is 12.0 Å². The molecule has 0 bridgehead atoms. The van der Waals surface area contributed by atoms with Gasteiger partial charge in [-0.2, -0.15) is 11.8 Å². The predicted molar refractivity (Wildman–Crippen MR) is 70.9 cm³/mol. The molecular formula is C12H25NO2S. The summed E-state index contributed by atoms with van der Waals surface area (Å²) in [7, 11) is 0. The lowest BCUT2D eigenvalue weighted by Crippen LogP contribution is -2.45. The average Bonchev–Trinajstić information content (AvgIpc) is 2.14. The smallest absolute Gasteiger partial charge is 0.323 e. The fourth-order valence-electron chi connectivity index (χ4n) is 1.30. The quantitative estimate of drug-likeness (QED) is 0.732. The van der Waals surface area contributed by atoms with E-state index < -0.39 is 5.60 Å². The maximum absolute atomic E-state index is 11.7. The molecule has 0 saturated heterocycles. The summed E-state index contributed by atoms with van der Waals surface area (Å²) in [4.78, 5) is 11.7. The number of rotatable bonds is 6. The number of carbonyl (C=O) groups excluding carboxylic acids is 1. The van der Waals surface area contributed by atoms with Crippen molar-refractivity contribution in [1.82, 2.24) is 5.32 Å². The standard InChI is InChI=1S/C12H25NO2S/c1-7-10(8-16-6)13-9(2)11(14)15-12(3,4)5/h9-10,13H,7-8H2,1-6H3. The number of hydrogen-bond acceptors (Lipinski definition) is 4. The van der Waals surface area contributed by atoms with E-state index >= 15 is 0 Å². The number of thioether (sulfide) groups is 1. The van der Waals surface area contributed by atoms with Crippen LogP contribution in [0.4, 0.5) is 0 Å². The van der Waals surface area contributed by atoms with Crippen LogP contribution >= 0.6 is 11.8 Å². The first-order valence-electron chi connectivity index (χ1n) is 5.78. The molecular weight excluding hydrogens is 222 g/mol. The van der Waals surface area contributed by atoms with E-state index in [1.165, 1.54) is 0 Å². The lowest BCUT2D eigenvalue weighted by molar-refractivity contribution is -0.157. The topological polar surface area (TPSA) is 38.3 Å². The van der Waals surface area contributed by atoms with Gasteiger partial charge in [-0.1, -0.05) is 6.92 Å². The van der Waals surface area contributed by atoms with Crippen LogP contribution in [0.5, 0.6) is 0 Å². The zero-order valence-electron chi connectivity index (χ0n) is 11.3. The summed E-state index contributed by atoms with van der Waals surface area (Å²) in [5.41, 5.74) is -0.408. The van der Waals surface area contributed by atoms with Crippen molar-refractivity contribution >= 4 is 17.7 Å². The number of ether oxygens (including phenoxy) is 1. The SMILES string of the molecule is CCC(CSC)NC(C)C(=O)OC(C)(C)C. The molecule has 0 radical (unpaired) electrons. The molecule has 16 heavy (non-hydrogen) atoms. The highest BCUT2D eigenvalue weighted by Gasteiger charge is 2.23. The van der Waals surface area contributed by atoms with Crippen molar-refractivity contribution in [1.29, 1.82) is 0 Å². The number of esters is 1. The highest BCUT2D eigenvalue weighted by Crippen LogP contribution is 2.09. The maximum atomic E-state index is 11.7. The first-order chi connectivity index (χ1) is 7.30. The summed E-state index contributed by atoms with van der Waals surface area (Å²) < 4.78 is 5.31. The van der Waals surface area contributed by atoms with Crippen LogP contribution in [0.2, 0.25) is 0 Å². The second kappa shape index (κ2) is 7.17. The Hall–Kier alpha value is -0.220. The first kappa shape index (κ1) is 15.8. The van der Waals surface area contributed by atoms with Crippen LogP contribution in [0, 0.1) is 0 Å². The molecule has 0 aromatic rings. The summed E-state index contributed by atoms with van der Waals surface area (Å²) in [5.74, 6) is 0.843.